The molecule has 1 aliphatic heterocycles. The first-order valence-corrected chi connectivity index (χ1v) is 22.0. The zero-order valence-electron chi connectivity index (χ0n) is 24.6. The van der Waals surface area contributed by atoms with Crippen molar-refractivity contribution in [1.29, 1.82) is 0 Å². The van der Waals surface area contributed by atoms with E-state index in [1.807, 2.05) is 0 Å². The minimum Gasteiger partial charge on any atom is -0.257 e. The van der Waals surface area contributed by atoms with Crippen LogP contribution in [0.25, 0.3) is 0 Å². The number of unbranched alkanes of at least 4 members (excludes halogenated alkanes) is 12. The fraction of sp³-hybridized carbons (Fsp3) is 1.00. The van der Waals surface area contributed by atoms with Crippen LogP contribution in [0, 0.1) is 0 Å². The summed E-state index contributed by atoms with van der Waals surface area (Å²) < 4.78 is 12.6. The average molecular weight is 622 g/mol. The van der Waals surface area contributed by atoms with Gasteiger partial charge in [0.15, 0.2) is 0 Å². The van der Waals surface area contributed by atoms with E-state index in [2.05, 4.69) is 59.5 Å². The van der Waals surface area contributed by atoms with Gasteiger partial charge < -0.3 is 0 Å². The second kappa shape index (κ2) is 21.0. The largest absolute Gasteiger partial charge is 0.359 e. The molecule has 0 bridgehead atoms. The molecule has 1 heterocycles. The highest BCUT2D eigenvalue weighted by atomic mass is 35.9. The van der Waals surface area contributed by atoms with Gasteiger partial charge >= 0.3 is 7.87 Å². The van der Waals surface area contributed by atoms with E-state index in [-0.39, 0.29) is 0 Å². The molecule has 4 N–H and O–H groups in total. The highest BCUT2D eigenvalue weighted by Gasteiger charge is 2.56. The van der Waals surface area contributed by atoms with Gasteiger partial charge in [-0.1, -0.05) is 109 Å². The second-order valence-electron chi connectivity index (χ2n) is 10.2. The quantitative estimate of drug-likeness (QED) is 0.0637. The molecule has 0 aromatic rings. The zero-order valence-corrected chi connectivity index (χ0v) is 28.8. The first-order valence-electron chi connectivity index (χ1n) is 15.1. The topological polar surface area (TPSA) is 76.1 Å². The van der Waals surface area contributed by atoms with Crippen molar-refractivity contribution in [2.75, 3.05) is 33.2 Å². The van der Waals surface area contributed by atoms with Crippen LogP contribution in [0.4, 0.5) is 0 Å². The highest BCUT2D eigenvalue weighted by molar-refractivity contribution is 8.14. The first kappa shape index (κ1) is 36.3. The Labute approximate surface area is 240 Å². The van der Waals surface area contributed by atoms with Crippen LogP contribution in [0.15, 0.2) is 9.03 Å². The summed E-state index contributed by atoms with van der Waals surface area (Å²) in [6.07, 6.45) is 19.4. The summed E-state index contributed by atoms with van der Waals surface area (Å²) in [6.45, 7) is 12.6. The molecule has 1 rings (SSSR count). The van der Waals surface area contributed by atoms with E-state index in [0.717, 1.165) is 51.9 Å². The number of hydrogen-bond acceptors (Lipinski definition) is 7. The number of rotatable bonds is 24. The Morgan fingerprint density at radius 2 is 0.973 bits per heavy atom. The Hall–Kier alpha value is 1.27. The van der Waals surface area contributed by atoms with Gasteiger partial charge in [-0.05, 0) is 52.7 Å². The van der Waals surface area contributed by atoms with Crippen LogP contribution in [0.3, 0.4) is 0 Å². The van der Waals surface area contributed by atoms with Crippen LogP contribution < -0.4 is 20.3 Å². The molecule has 0 saturated carbocycles. The lowest BCUT2D eigenvalue weighted by Gasteiger charge is -2.41. The van der Waals surface area contributed by atoms with E-state index in [4.69, 9.17) is 31.5 Å². The monoisotopic (exact) mass is 620 g/mol. The minimum atomic E-state index is -2.86. The third kappa shape index (κ3) is 14.1. The van der Waals surface area contributed by atoms with Crippen molar-refractivity contribution in [1.82, 2.24) is 24.8 Å². The van der Waals surface area contributed by atoms with Gasteiger partial charge in [0, 0.05) is 33.2 Å². The molecule has 0 unspecified atom stereocenters. The van der Waals surface area contributed by atoms with Crippen LogP contribution in [-0.4, -0.2) is 37.7 Å². The molecule has 0 aromatic carbocycles. The van der Waals surface area contributed by atoms with Gasteiger partial charge in [0.05, 0.1) is 0 Å². The molecule has 0 radical (unpaired) electrons. The van der Waals surface area contributed by atoms with Crippen molar-refractivity contribution < 1.29 is 0 Å². The molecule has 0 amide bonds. The molecule has 0 aliphatic carbocycles. The third-order valence-electron chi connectivity index (χ3n) is 6.76. The predicted molar refractivity (Wildman–Crippen MR) is 174 cm³/mol. The summed E-state index contributed by atoms with van der Waals surface area (Å²) in [7, 11) is -2.56. The Balaban J connectivity index is 3.21. The summed E-state index contributed by atoms with van der Waals surface area (Å²) in [5.74, 6) is -2.86. The first-order chi connectivity index (χ1) is 17.8. The van der Waals surface area contributed by atoms with E-state index < -0.39 is 21.3 Å². The van der Waals surface area contributed by atoms with Crippen LogP contribution in [0.2, 0.25) is 0 Å². The van der Waals surface area contributed by atoms with E-state index in [1.54, 1.807) is 0 Å². The molecule has 0 aromatic heterocycles. The number of nitrogens with one attached hydrogen (secondary N) is 4. The molecule has 37 heavy (non-hydrogen) atoms. The Kier molecular flexibility index (Phi) is 20.6. The second-order valence-corrected chi connectivity index (χ2v) is 21.1. The van der Waals surface area contributed by atoms with E-state index in [0.29, 0.717) is 0 Å². The average Bonchev–Trinajstić information content (AvgIpc) is 2.86. The van der Waals surface area contributed by atoms with Crippen molar-refractivity contribution in [3.63, 3.8) is 0 Å². The lowest BCUT2D eigenvalue weighted by Crippen LogP contribution is -2.43. The normalized spacial score (nSPS) is 18.5. The van der Waals surface area contributed by atoms with Crippen LogP contribution in [-0.2, 0) is 0 Å². The lowest BCUT2D eigenvalue weighted by atomic mass is 10.2. The fourth-order valence-electron chi connectivity index (χ4n) is 4.43. The summed E-state index contributed by atoms with van der Waals surface area (Å²) in [5, 5.41) is 15.5. The molecule has 0 spiro atoms. The standard InChI is InChI=1S/C25H59Cl2N7P3/c1-6-10-14-18-22-28-36(29-23-19-15-11-7-2)32-35(26,27)33-37(34(36)5,30-24-20-16-12-8-3)31-25-21-17-13-9-4/h28-31H,6-25H2,1-5H3/q+1. The molecule has 12 heteroatoms. The van der Waals surface area contributed by atoms with Crippen molar-refractivity contribution in [3.8, 4) is 0 Å². The number of hydrogen-bond donors (Lipinski definition) is 4. The van der Waals surface area contributed by atoms with Gasteiger partial charge in [-0.15, -0.1) is 10.2 Å². The van der Waals surface area contributed by atoms with Gasteiger partial charge in [-0.3, -0.25) is 10.2 Å². The summed E-state index contributed by atoms with van der Waals surface area (Å²) in [5.41, 5.74) is 0. The molecule has 222 valence electrons. The molecular weight excluding hydrogens is 562 g/mol. The molecular formula is C25H59Cl2N7P3+. The van der Waals surface area contributed by atoms with Gasteiger partial charge in [0.25, 0.3) is 5.91 Å². The summed E-state index contributed by atoms with van der Waals surface area (Å²) >= 11 is 13.9. The SMILES string of the molecule is CCCCCCNP1(NCCCCCC)=NP(Cl)(Cl)=N[P+](NCCCCCC)(NCCCCCC)N1C. The smallest absolute Gasteiger partial charge is 0.257 e. The maximum Gasteiger partial charge on any atom is 0.359 e. The summed E-state index contributed by atoms with van der Waals surface area (Å²) in [6, 6.07) is 0. The van der Waals surface area contributed by atoms with Crippen LogP contribution in [0.1, 0.15) is 130 Å². The Morgan fingerprint density at radius 3 is 1.35 bits per heavy atom. The maximum atomic E-state index is 6.97. The van der Waals surface area contributed by atoms with Crippen LogP contribution >= 0.6 is 43.8 Å². The molecule has 1 aliphatic rings. The van der Waals surface area contributed by atoms with E-state index >= 15 is 0 Å². The fourth-order valence-corrected chi connectivity index (χ4v) is 18.7. The van der Waals surface area contributed by atoms with Crippen molar-refractivity contribution in [3.05, 3.63) is 0 Å². The minimum absolute atomic E-state index is 0.907. The maximum absolute atomic E-state index is 6.97. The lowest BCUT2D eigenvalue weighted by molar-refractivity contribution is 0.611. The molecule has 0 saturated heterocycles. The highest BCUT2D eigenvalue weighted by Crippen LogP contribution is 2.83. The molecule has 0 atom stereocenters. The van der Waals surface area contributed by atoms with Gasteiger partial charge in [0.1, 0.15) is 0 Å². The molecule has 0 fully saturated rings. The van der Waals surface area contributed by atoms with Crippen LogP contribution in [0.5, 0.6) is 0 Å². The zero-order chi connectivity index (χ0) is 27.5. The Bertz CT molecular complexity index is 659. The van der Waals surface area contributed by atoms with Gasteiger partial charge in [-0.25, -0.2) is 0 Å². The Morgan fingerprint density at radius 1 is 0.595 bits per heavy atom. The number of nitrogens with zero attached hydrogens (tertiary/aromatic N) is 3. The van der Waals surface area contributed by atoms with Crippen molar-refractivity contribution in [2.24, 2.45) is 9.03 Å². The third-order valence-corrected chi connectivity index (χ3v) is 18.9. The molecule has 7 nitrogen and oxygen atoms in total. The summed E-state index contributed by atoms with van der Waals surface area (Å²) in [4.78, 5) is 0. The van der Waals surface area contributed by atoms with E-state index in [9.17, 15) is 0 Å². The predicted octanol–water partition coefficient (Wildman–Crippen LogP) is 10.7. The van der Waals surface area contributed by atoms with Crippen molar-refractivity contribution >= 4 is 43.8 Å². The van der Waals surface area contributed by atoms with Gasteiger partial charge in [-0.2, -0.15) is 4.52 Å². The van der Waals surface area contributed by atoms with Crippen molar-refractivity contribution in [2.45, 2.75) is 130 Å². The number of halogens is 2. The van der Waals surface area contributed by atoms with Gasteiger partial charge in [0.2, 0.25) is 7.51 Å². The van der Waals surface area contributed by atoms with E-state index in [1.165, 1.54) is 77.0 Å².